The zero-order valence-corrected chi connectivity index (χ0v) is 15.0. The Bertz CT molecular complexity index is 1090. The molecule has 0 unspecified atom stereocenters. The molecule has 0 aliphatic carbocycles. The molecule has 1 N–H and O–H groups in total. The van der Waals surface area contributed by atoms with E-state index in [0.717, 1.165) is 16.9 Å². The fraction of sp³-hybridized carbons (Fsp3) is 0.0556. The van der Waals surface area contributed by atoms with Gasteiger partial charge >= 0.3 is 0 Å². The molecule has 0 atom stereocenters. The molecule has 0 spiro atoms. The molecule has 0 fully saturated rings. The monoisotopic (exact) mass is 379 g/mol. The number of hydrogen-bond acceptors (Lipinski definition) is 5. The van der Waals surface area contributed by atoms with Gasteiger partial charge in [0.15, 0.2) is 0 Å². The maximum Gasteiger partial charge on any atom is 0.255 e. The topological polar surface area (TPSA) is 90.5 Å². The molecule has 0 aliphatic heterocycles. The van der Waals surface area contributed by atoms with Crippen molar-refractivity contribution in [2.75, 3.05) is 5.32 Å². The molecule has 0 aliphatic rings. The minimum atomic E-state index is -0.253. The molecule has 2 heterocycles. The minimum absolute atomic E-state index is 0.253. The molecule has 9 heteroatoms. The molecule has 0 saturated carbocycles. The highest BCUT2D eigenvalue weighted by Gasteiger charge is 2.13. The average molecular weight is 380 g/mol. The summed E-state index contributed by atoms with van der Waals surface area (Å²) in [6.07, 6.45) is 4.97. The smallest absolute Gasteiger partial charge is 0.255 e. The summed E-state index contributed by atoms with van der Waals surface area (Å²) in [5.74, 6) is -0.253. The Morgan fingerprint density at radius 3 is 2.67 bits per heavy atom. The summed E-state index contributed by atoms with van der Waals surface area (Å²) >= 11 is 6.11. The van der Waals surface area contributed by atoms with Gasteiger partial charge in [-0.25, -0.2) is 9.36 Å². The number of tetrazole rings is 1. The number of anilines is 1. The maximum atomic E-state index is 12.8. The number of amides is 1. The number of aromatic nitrogens is 6. The number of carbonyl (C=O) groups is 1. The zero-order valence-electron chi connectivity index (χ0n) is 14.2. The van der Waals surface area contributed by atoms with Crippen molar-refractivity contribution in [2.45, 2.75) is 6.92 Å². The van der Waals surface area contributed by atoms with E-state index >= 15 is 0 Å². The van der Waals surface area contributed by atoms with E-state index < -0.39 is 0 Å². The first-order valence-electron chi connectivity index (χ1n) is 8.07. The van der Waals surface area contributed by atoms with Gasteiger partial charge in [0, 0.05) is 23.0 Å². The molecule has 27 heavy (non-hydrogen) atoms. The first kappa shape index (κ1) is 16.9. The second kappa shape index (κ2) is 7.00. The van der Waals surface area contributed by atoms with E-state index in [1.165, 1.54) is 6.33 Å². The molecule has 2 aromatic heterocycles. The van der Waals surface area contributed by atoms with Crippen LogP contribution in [0.5, 0.6) is 0 Å². The van der Waals surface area contributed by atoms with Gasteiger partial charge < -0.3 is 5.32 Å². The average Bonchev–Trinajstić information content (AvgIpc) is 3.36. The fourth-order valence-corrected chi connectivity index (χ4v) is 2.91. The molecular formula is C18H14ClN7O. The zero-order chi connectivity index (χ0) is 18.8. The quantitative estimate of drug-likeness (QED) is 0.588. The highest BCUT2D eigenvalue weighted by molar-refractivity contribution is 6.31. The van der Waals surface area contributed by atoms with Crippen LogP contribution in [0.1, 0.15) is 15.9 Å². The minimum Gasteiger partial charge on any atom is -0.320 e. The number of carbonyl (C=O) groups excluding carboxylic acids is 1. The van der Waals surface area contributed by atoms with Crippen LogP contribution in [-0.2, 0) is 0 Å². The van der Waals surface area contributed by atoms with Gasteiger partial charge in [-0.1, -0.05) is 11.6 Å². The summed E-state index contributed by atoms with van der Waals surface area (Å²) in [6, 6.07) is 12.4. The van der Waals surface area contributed by atoms with Crippen LogP contribution in [0.4, 0.5) is 5.69 Å². The number of nitrogens with zero attached hydrogens (tertiary/aromatic N) is 6. The number of aryl methyl sites for hydroxylation is 1. The van der Waals surface area contributed by atoms with Crippen molar-refractivity contribution in [1.29, 1.82) is 0 Å². The molecule has 2 aromatic carbocycles. The Morgan fingerprint density at radius 2 is 1.96 bits per heavy atom. The van der Waals surface area contributed by atoms with E-state index in [4.69, 9.17) is 11.6 Å². The molecule has 4 aromatic rings. The van der Waals surface area contributed by atoms with Crippen LogP contribution >= 0.6 is 11.6 Å². The van der Waals surface area contributed by atoms with Gasteiger partial charge in [-0.15, -0.1) is 5.10 Å². The number of rotatable bonds is 4. The van der Waals surface area contributed by atoms with Crippen LogP contribution < -0.4 is 5.32 Å². The fourth-order valence-electron chi connectivity index (χ4n) is 2.74. The SMILES string of the molecule is Cc1cc(C(=O)Nc2cc(Cl)ccc2-n2cccn2)ccc1-n1cnnn1. The van der Waals surface area contributed by atoms with Gasteiger partial charge in [0.2, 0.25) is 0 Å². The van der Waals surface area contributed by atoms with Gasteiger partial charge in [0.25, 0.3) is 5.91 Å². The first-order chi connectivity index (χ1) is 13.1. The van der Waals surface area contributed by atoms with Crippen LogP contribution in [0.3, 0.4) is 0 Å². The second-order valence-electron chi connectivity index (χ2n) is 5.82. The molecule has 8 nitrogen and oxygen atoms in total. The summed E-state index contributed by atoms with van der Waals surface area (Å²) in [4.78, 5) is 12.8. The second-order valence-corrected chi connectivity index (χ2v) is 6.26. The van der Waals surface area contributed by atoms with E-state index in [1.54, 1.807) is 64.2 Å². The van der Waals surface area contributed by atoms with Crippen molar-refractivity contribution in [1.82, 2.24) is 30.0 Å². The Morgan fingerprint density at radius 1 is 1.11 bits per heavy atom. The first-order valence-corrected chi connectivity index (χ1v) is 8.44. The molecule has 0 radical (unpaired) electrons. The van der Waals surface area contributed by atoms with Gasteiger partial charge in [0.05, 0.1) is 17.1 Å². The number of nitrogens with one attached hydrogen (secondary N) is 1. The third-order valence-corrected chi connectivity index (χ3v) is 4.25. The molecule has 134 valence electrons. The van der Waals surface area contributed by atoms with Crippen molar-refractivity contribution in [2.24, 2.45) is 0 Å². The summed E-state index contributed by atoms with van der Waals surface area (Å²) < 4.78 is 3.21. The van der Waals surface area contributed by atoms with E-state index in [9.17, 15) is 4.79 Å². The lowest BCUT2D eigenvalue weighted by Crippen LogP contribution is -2.14. The lowest BCUT2D eigenvalue weighted by molar-refractivity contribution is 0.102. The van der Waals surface area contributed by atoms with Gasteiger partial charge in [-0.2, -0.15) is 5.10 Å². The van der Waals surface area contributed by atoms with Crippen LogP contribution in [0, 0.1) is 6.92 Å². The molecule has 0 saturated heterocycles. The van der Waals surface area contributed by atoms with E-state index in [0.29, 0.717) is 16.3 Å². The Hall–Kier alpha value is -3.52. The third kappa shape index (κ3) is 3.42. The molecule has 1 amide bonds. The Labute approximate surface area is 159 Å². The number of hydrogen-bond donors (Lipinski definition) is 1. The van der Waals surface area contributed by atoms with Crippen LogP contribution in [0.15, 0.2) is 61.2 Å². The maximum absolute atomic E-state index is 12.8. The molecule has 0 bridgehead atoms. The lowest BCUT2D eigenvalue weighted by Gasteiger charge is -2.13. The highest BCUT2D eigenvalue weighted by atomic mass is 35.5. The van der Waals surface area contributed by atoms with Crippen LogP contribution in [0.2, 0.25) is 5.02 Å². The van der Waals surface area contributed by atoms with Crippen molar-refractivity contribution in [3.05, 3.63) is 77.3 Å². The summed E-state index contributed by atoms with van der Waals surface area (Å²) in [7, 11) is 0. The molecular weight excluding hydrogens is 366 g/mol. The van der Waals surface area contributed by atoms with Gasteiger partial charge in [-0.05, 0) is 65.4 Å². The number of benzene rings is 2. The predicted octanol–water partition coefficient (Wildman–Crippen LogP) is 3.06. The van der Waals surface area contributed by atoms with Crippen molar-refractivity contribution < 1.29 is 4.79 Å². The normalized spacial score (nSPS) is 10.7. The van der Waals surface area contributed by atoms with E-state index in [-0.39, 0.29) is 5.91 Å². The Kier molecular flexibility index (Phi) is 4.39. The van der Waals surface area contributed by atoms with Gasteiger partial charge in [0.1, 0.15) is 6.33 Å². The number of halogens is 1. The van der Waals surface area contributed by atoms with Crippen molar-refractivity contribution >= 4 is 23.2 Å². The highest BCUT2D eigenvalue weighted by Crippen LogP contribution is 2.25. The van der Waals surface area contributed by atoms with Gasteiger partial charge in [-0.3, -0.25) is 4.79 Å². The summed E-state index contributed by atoms with van der Waals surface area (Å²) in [5.41, 5.74) is 3.47. The van der Waals surface area contributed by atoms with Crippen LogP contribution in [0.25, 0.3) is 11.4 Å². The van der Waals surface area contributed by atoms with E-state index in [1.807, 2.05) is 6.92 Å². The van der Waals surface area contributed by atoms with Crippen molar-refractivity contribution in [3.63, 3.8) is 0 Å². The predicted molar refractivity (Wildman–Crippen MR) is 100 cm³/mol. The summed E-state index contributed by atoms with van der Waals surface area (Å²) in [6.45, 7) is 1.89. The Balaban J connectivity index is 1.63. The molecule has 4 rings (SSSR count). The van der Waals surface area contributed by atoms with Crippen molar-refractivity contribution in [3.8, 4) is 11.4 Å². The van der Waals surface area contributed by atoms with E-state index in [2.05, 4.69) is 25.9 Å². The lowest BCUT2D eigenvalue weighted by atomic mass is 10.1. The third-order valence-electron chi connectivity index (χ3n) is 4.01. The largest absolute Gasteiger partial charge is 0.320 e. The summed E-state index contributed by atoms with van der Waals surface area (Å²) in [5, 5.41) is 18.8. The van der Waals surface area contributed by atoms with Crippen LogP contribution in [-0.4, -0.2) is 35.9 Å². The standard InChI is InChI=1S/C18H14ClN7O/c1-12-9-13(3-5-16(12)26-11-20-23-24-26)18(27)22-15-10-14(19)4-6-17(15)25-8-2-7-21-25/h2-11H,1H3,(H,22,27).